The molecule has 4 rings (SSSR count). The Morgan fingerprint density at radius 2 is 1.91 bits per heavy atom. The molecule has 2 N–H and O–H groups in total. The third kappa shape index (κ3) is 4.83. The van der Waals surface area contributed by atoms with E-state index in [0.29, 0.717) is 26.9 Å². The van der Waals surface area contributed by atoms with E-state index >= 15 is 0 Å². The molecule has 2 heterocycles. The number of nitrogens with one attached hydrogen (secondary N) is 1. The van der Waals surface area contributed by atoms with Gasteiger partial charge in [0.15, 0.2) is 0 Å². The Kier molecular flexibility index (Phi) is 7.17. The smallest absolute Gasteiger partial charge is 0.269 e. The van der Waals surface area contributed by atoms with Crippen molar-refractivity contribution in [2.24, 2.45) is 0 Å². The van der Waals surface area contributed by atoms with Gasteiger partial charge in [-0.25, -0.2) is 0 Å². The number of phenolic OH excluding ortho intramolecular Hbond substituents is 1. The van der Waals surface area contributed by atoms with E-state index in [2.05, 4.69) is 40.0 Å². The largest absolute Gasteiger partial charge is 0.507 e. The van der Waals surface area contributed by atoms with Crippen LogP contribution in [0.2, 0.25) is 0 Å². The number of hydrogen-bond acceptors (Lipinski definition) is 5. The minimum absolute atomic E-state index is 0.112. The summed E-state index contributed by atoms with van der Waals surface area (Å²) in [4.78, 5) is 28.7. The van der Waals surface area contributed by atoms with Gasteiger partial charge in [-0.2, -0.15) is 0 Å². The van der Waals surface area contributed by atoms with E-state index in [1.54, 1.807) is 28.8 Å². The first-order valence-corrected chi connectivity index (χ1v) is 12.6. The van der Waals surface area contributed by atoms with E-state index < -0.39 is 0 Å². The number of benzene rings is 2. The summed E-state index contributed by atoms with van der Waals surface area (Å²) < 4.78 is 3.70. The first kappa shape index (κ1) is 23.5. The summed E-state index contributed by atoms with van der Waals surface area (Å²) >= 11 is 4.78. The predicted octanol–water partition coefficient (Wildman–Crippen LogP) is 3.09. The van der Waals surface area contributed by atoms with Gasteiger partial charge in [0.2, 0.25) is 0 Å². The lowest BCUT2D eigenvalue weighted by Gasteiger charge is -2.17. The van der Waals surface area contributed by atoms with E-state index in [0.717, 1.165) is 41.8 Å². The normalized spacial score (nSPS) is 15.3. The molecule has 1 aliphatic heterocycles. The standard InChI is InChI=1S/C25H26BrN3O3S/c1-3-28(4-2)12-7-13-29-24(32)21(14-16-8-5-6-9-20(16)30)33-25(29)22-18-15-17(26)10-11-19(18)27-23(22)31/h5-6,8-11,14-15,30H,3-4,7,12-13H2,1-2H3,(H,27,31)/b21-14?,25-22-. The van der Waals surface area contributed by atoms with Crippen LogP contribution in [0.3, 0.4) is 0 Å². The number of halogens is 1. The summed E-state index contributed by atoms with van der Waals surface area (Å²) in [5, 5.41) is 13.1. The van der Waals surface area contributed by atoms with E-state index in [9.17, 15) is 14.7 Å². The Morgan fingerprint density at radius 3 is 2.64 bits per heavy atom. The van der Waals surface area contributed by atoms with Crippen molar-refractivity contribution in [2.45, 2.75) is 26.8 Å². The molecule has 0 bridgehead atoms. The van der Waals surface area contributed by atoms with Gasteiger partial charge < -0.3 is 15.3 Å². The number of carbonyl (C=O) groups is 1. The first-order chi connectivity index (χ1) is 15.9. The van der Waals surface area contributed by atoms with Crippen LogP contribution in [0.25, 0.3) is 11.6 Å². The average molecular weight is 528 g/mol. The molecule has 8 heteroatoms. The molecule has 0 fully saturated rings. The SMILES string of the molecule is CCN(CC)CCCn1c(=O)c(=Cc2ccccc2O)s/c1=C1\C(=O)Nc2ccc(Br)cc21. The number of thiazole rings is 1. The highest BCUT2D eigenvalue weighted by atomic mass is 79.9. The van der Waals surface area contributed by atoms with Crippen LogP contribution in [0.1, 0.15) is 31.4 Å². The van der Waals surface area contributed by atoms with Crippen molar-refractivity contribution in [1.82, 2.24) is 9.47 Å². The fourth-order valence-corrected chi connectivity index (χ4v) is 5.55. The zero-order chi connectivity index (χ0) is 23.5. The minimum atomic E-state index is -0.212. The number of fused-ring (bicyclic) bond motifs is 1. The second kappa shape index (κ2) is 10.1. The number of carbonyl (C=O) groups excluding carboxylic acids is 1. The topological polar surface area (TPSA) is 74.6 Å². The number of nitrogens with zero attached hydrogens (tertiary/aromatic N) is 2. The molecule has 3 aromatic rings. The molecule has 33 heavy (non-hydrogen) atoms. The molecular formula is C25H26BrN3O3S. The van der Waals surface area contributed by atoms with E-state index in [-0.39, 0.29) is 17.2 Å². The molecular weight excluding hydrogens is 502 g/mol. The molecule has 0 saturated carbocycles. The molecule has 0 radical (unpaired) electrons. The maximum atomic E-state index is 13.5. The summed E-state index contributed by atoms with van der Waals surface area (Å²) in [6, 6.07) is 12.6. The van der Waals surface area contributed by atoms with Gasteiger partial charge in [0, 0.05) is 27.8 Å². The summed E-state index contributed by atoms with van der Waals surface area (Å²) in [6.07, 6.45) is 2.49. The third-order valence-corrected chi connectivity index (χ3v) is 7.45. The van der Waals surface area contributed by atoms with Crippen LogP contribution in [0.5, 0.6) is 5.75 Å². The van der Waals surface area contributed by atoms with E-state index in [1.807, 2.05) is 24.3 Å². The van der Waals surface area contributed by atoms with Crippen molar-refractivity contribution >= 4 is 50.5 Å². The van der Waals surface area contributed by atoms with Gasteiger partial charge in [0.25, 0.3) is 11.5 Å². The number of anilines is 1. The molecule has 0 atom stereocenters. The quantitative estimate of drug-likeness (QED) is 0.495. The lowest BCUT2D eigenvalue weighted by Crippen LogP contribution is -2.34. The number of rotatable bonds is 7. The lowest BCUT2D eigenvalue weighted by atomic mass is 10.1. The molecule has 6 nitrogen and oxygen atoms in total. The fourth-order valence-electron chi connectivity index (χ4n) is 4.00. The summed E-state index contributed by atoms with van der Waals surface area (Å²) in [7, 11) is 0. The van der Waals surface area contributed by atoms with Gasteiger partial charge in [-0.1, -0.05) is 48.0 Å². The molecule has 1 aromatic heterocycles. The van der Waals surface area contributed by atoms with Crippen LogP contribution in [0.15, 0.2) is 51.7 Å². The Morgan fingerprint density at radius 1 is 1.15 bits per heavy atom. The predicted molar refractivity (Wildman–Crippen MR) is 137 cm³/mol. The van der Waals surface area contributed by atoms with Crippen molar-refractivity contribution in [1.29, 1.82) is 0 Å². The van der Waals surface area contributed by atoms with Crippen molar-refractivity contribution in [3.63, 3.8) is 0 Å². The Labute approximate surface area is 204 Å². The zero-order valence-corrected chi connectivity index (χ0v) is 21.0. The monoisotopic (exact) mass is 527 g/mol. The Balaban J connectivity index is 1.91. The van der Waals surface area contributed by atoms with Crippen molar-refractivity contribution in [2.75, 3.05) is 25.0 Å². The van der Waals surface area contributed by atoms with Gasteiger partial charge in [-0.3, -0.25) is 14.2 Å². The molecule has 1 amide bonds. The summed E-state index contributed by atoms with van der Waals surface area (Å²) in [6.45, 7) is 7.54. The highest BCUT2D eigenvalue weighted by Gasteiger charge is 2.27. The number of phenols is 1. The molecule has 0 aliphatic carbocycles. The number of aromatic nitrogens is 1. The molecule has 1 aliphatic rings. The number of amides is 1. The molecule has 172 valence electrons. The average Bonchev–Trinajstić information content (AvgIpc) is 3.28. The van der Waals surface area contributed by atoms with Gasteiger partial charge in [-0.05, 0) is 56.4 Å². The highest BCUT2D eigenvalue weighted by Crippen LogP contribution is 2.32. The number of aromatic hydroxyl groups is 1. The van der Waals surface area contributed by atoms with E-state index in [1.165, 1.54) is 11.3 Å². The summed E-state index contributed by atoms with van der Waals surface area (Å²) in [5.74, 6) is -0.101. The minimum Gasteiger partial charge on any atom is -0.507 e. The molecule has 0 saturated heterocycles. The summed E-state index contributed by atoms with van der Waals surface area (Å²) in [5.41, 5.74) is 2.44. The highest BCUT2D eigenvalue weighted by molar-refractivity contribution is 9.10. The van der Waals surface area contributed by atoms with Crippen molar-refractivity contribution in [3.05, 3.63) is 77.6 Å². The van der Waals surface area contributed by atoms with Gasteiger partial charge in [0.05, 0.1) is 10.1 Å². The fraction of sp³-hybridized carbons (Fsp3) is 0.280. The Bertz CT molecular complexity index is 1370. The van der Waals surface area contributed by atoms with Gasteiger partial charge in [-0.15, -0.1) is 11.3 Å². The molecule has 0 unspecified atom stereocenters. The zero-order valence-electron chi connectivity index (χ0n) is 18.6. The van der Waals surface area contributed by atoms with Crippen molar-refractivity contribution in [3.8, 4) is 5.75 Å². The first-order valence-electron chi connectivity index (χ1n) is 11.0. The van der Waals surface area contributed by atoms with Crippen LogP contribution >= 0.6 is 27.3 Å². The second-order valence-corrected chi connectivity index (χ2v) is 9.78. The maximum absolute atomic E-state index is 13.5. The Hall–Kier alpha value is -2.68. The van der Waals surface area contributed by atoms with Gasteiger partial charge in [0.1, 0.15) is 10.4 Å². The van der Waals surface area contributed by atoms with Crippen molar-refractivity contribution < 1.29 is 9.90 Å². The van der Waals surface area contributed by atoms with Crippen LogP contribution in [0.4, 0.5) is 5.69 Å². The number of para-hydroxylation sites is 1. The van der Waals surface area contributed by atoms with Gasteiger partial charge >= 0.3 is 0 Å². The number of hydrogen-bond donors (Lipinski definition) is 2. The van der Waals surface area contributed by atoms with Crippen LogP contribution in [-0.4, -0.2) is 40.1 Å². The van der Waals surface area contributed by atoms with E-state index in [4.69, 9.17) is 0 Å². The van der Waals surface area contributed by atoms with Crippen LogP contribution < -0.4 is 20.1 Å². The maximum Gasteiger partial charge on any atom is 0.269 e. The second-order valence-electron chi connectivity index (χ2n) is 7.83. The molecule has 2 aromatic carbocycles. The van der Waals surface area contributed by atoms with Crippen LogP contribution in [0, 0.1) is 0 Å². The molecule has 0 spiro atoms. The third-order valence-electron chi connectivity index (χ3n) is 5.82. The van der Waals surface area contributed by atoms with Crippen LogP contribution in [-0.2, 0) is 11.3 Å². The lowest BCUT2D eigenvalue weighted by molar-refractivity contribution is -0.110.